The summed E-state index contributed by atoms with van der Waals surface area (Å²) in [5.74, 6) is -0.0274. The van der Waals surface area contributed by atoms with E-state index >= 15 is 0 Å². The molecule has 0 amide bonds. The van der Waals surface area contributed by atoms with Gasteiger partial charge in [0.05, 0.1) is 5.75 Å². The van der Waals surface area contributed by atoms with Gasteiger partial charge in [0.15, 0.2) is 5.78 Å². The Bertz CT molecular complexity index is 521. The largest absolute Gasteiger partial charge is 0.398 e. The van der Waals surface area contributed by atoms with E-state index in [1.165, 1.54) is 6.26 Å². The highest BCUT2D eigenvalue weighted by atomic mass is 32.2. The first-order valence-corrected chi connectivity index (χ1v) is 7.43. The number of carbonyl (C=O) groups excluding carboxylic acids is 1. The van der Waals surface area contributed by atoms with Crippen molar-refractivity contribution in [3.05, 3.63) is 29.3 Å². The summed E-state index contributed by atoms with van der Waals surface area (Å²) >= 11 is 0. The molecule has 0 radical (unpaired) electrons. The maximum absolute atomic E-state index is 11.7. The predicted molar refractivity (Wildman–Crippen MR) is 68.9 cm³/mol. The highest BCUT2D eigenvalue weighted by Crippen LogP contribution is 2.15. The van der Waals surface area contributed by atoms with Gasteiger partial charge in [-0.2, -0.15) is 0 Å². The molecule has 0 fully saturated rings. The maximum Gasteiger partial charge on any atom is 0.162 e. The van der Waals surface area contributed by atoms with Crippen molar-refractivity contribution in [1.82, 2.24) is 0 Å². The number of hydrogen-bond acceptors (Lipinski definition) is 4. The third-order valence-electron chi connectivity index (χ3n) is 2.52. The number of Topliss-reactive ketones (excluding diaryl/α,β-unsaturated/α-hetero) is 1. The Morgan fingerprint density at radius 2 is 2.00 bits per heavy atom. The van der Waals surface area contributed by atoms with Crippen molar-refractivity contribution in [1.29, 1.82) is 0 Å². The molecule has 0 heterocycles. The second kappa shape index (κ2) is 5.31. The van der Waals surface area contributed by atoms with Crippen LogP contribution in [0.4, 0.5) is 5.69 Å². The number of rotatable bonds is 5. The summed E-state index contributed by atoms with van der Waals surface area (Å²) in [6.07, 6.45) is 1.75. The highest BCUT2D eigenvalue weighted by Gasteiger charge is 2.09. The standard InChI is InChI=1S/C12H17NO3S/c1-9-5-6-10(8-11(9)13)12(14)4-3-7-17(2,15)16/h5-6,8H,3-4,7,13H2,1-2H3. The van der Waals surface area contributed by atoms with Gasteiger partial charge in [-0.3, -0.25) is 4.79 Å². The van der Waals surface area contributed by atoms with E-state index in [0.29, 0.717) is 17.7 Å². The van der Waals surface area contributed by atoms with E-state index in [1.807, 2.05) is 6.92 Å². The van der Waals surface area contributed by atoms with Gasteiger partial charge >= 0.3 is 0 Å². The molecule has 0 bridgehead atoms. The minimum Gasteiger partial charge on any atom is -0.398 e. The lowest BCUT2D eigenvalue weighted by atomic mass is 10.0. The van der Waals surface area contributed by atoms with Crippen molar-refractivity contribution in [2.45, 2.75) is 19.8 Å². The van der Waals surface area contributed by atoms with Crippen molar-refractivity contribution in [2.24, 2.45) is 0 Å². The zero-order valence-electron chi connectivity index (χ0n) is 10.1. The number of ketones is 1. The quantitative estimate of drug-likeness (QED) is 0.640. The number of nitrogens with two attached hydrogens (primary N) is 1. The molecule has 0 spiro atoms. The third-order valence-corrected chi connectivity index (χ3v) is 3.55. The number of nitrogen functional groups attached to an aromatic ring is 1. The van der Waals surface area contributed by atoms with Crippen LogP contribution in [-0.2, 0) is 9.84 Å². The summed E-state index contributed by atoms with van der Waals surface area (Å²) in [5, 5.41) is 0. The summed E-state index contributed by atoms with van der Waals surface area (Å²) in [6.45, 7) is 1.87. The number of benzene rings is 1. The Kier molecular flexibility index (Phi) is 4.28. The average Bonchev–Trinajstić information content (AvgIpc) is 2.20. The fourth-order valence-corrected chi connectivity index (χ4v) is 2.12. The van der Waals surface area contributed by atoms with Crippen molar-refractivity contribution >= 4 is 21.3 Å². The molecule has 1 aromatic carbocycles. The fourth-order valence-electron chi connectivity index (χ4n) is 1.45. The number of anilines is 1. The van der Waals surface area contributed by atoms with Gasteiger partial charge in [-0.15, -0.1) is 0 Å². The average molecular weight is 255 g/mol. The van der Waals surface area contributed by atoms with Gasteiger partial charge < -0.3 is 5.73 Å². The highest BCUT2D eigenvalue weighted by molar-refractivity contribution is 7.90. The van der Waals surface area contributed by atoms with E-state index in [2.05, 4.69) is 0 Å². The Labute approximate surface area is 102 Å². The van der Waals surface area contributed by atoms with Gasteiger partial charge in [0.2, 0.25) is 0 Å². The van der Waals surface area contributed by atoms with Gasteiger partial charge in [0, 0.05) is 23.9 Å². The van der Waals surface area contributed by atoms with E-state index < -0.39 is 9.84 Å². The van der Waals surface area contributed by atoms with Crippen LogP contribution in [0.1, 0.15) is 28.8 Å². The topological polar surface area (TPSA) is 77.2 Å². The van der Waals surface area contributed by atoms with Gasteiger partial charge in [0.25, 0.3) is 0 Å². The van der Waals surface area contributed by atoms with Crippen LogP contribution in [0, 0.1) is 6.92 Å². The lowest BCUT2D eigenvalue weighted by molar-refractivity contribution is 0.0982. The summed E-state index contributed by atoms with van der Waals surface area (Å²) in [6, 6.07) is 5.14. The maximum atomic E-state index is 11.7. The number of aryl methyl sites for hydroxylation is 1. The molecule has 0 atom stereocenters. The van der Waals surface area contributed by atoms with Crippen LogP contribution < -0.4 is 5.73 Å². The lowest BCUT2D eigenvalue weighted by Crippen LogP contribution is -2.07. The Hall–Kier alpha value is -1.36. The van der Waals surface area contributed by atoms with Crippen molar-refractivity contribution in [2.75, 3.05) is 17.7 Å². The molecule has 0 aliphatic carbocycles. The molecule has 94 valence electrons. The van der Waals surface area contributed by atoms with E-state index in [4.69, 9.17) is 5.73 Å². The van der Waals surface area contributed by atoms with Crippen LogP contribution in [0.25, 0.3) is 0 Å². The van der Waals surface area contributed by atoms with Crippen LogP contribution in [0.3, 0.4) is 0 Å². The van der Waals surface area contributed by atoms with Gasteiger partial charge in [-0.1, -0.05) is 12.1 Å². The van der Waals surface area contributed by atoms with Crippen LogP contribution in [0.15, 0.2) is 18.2 Å². The number of carbonyl (C=O) groups is 1. The fraction of sp³-hybridized carbons (Fsp3) is 0.417. The van der Waals surface area contributed by atoms with E-state index in [9.17, 15) is 13.2 Å². The van der Waals surface area contributed by atoms with Crippen LogP contribution in [-0.4, -0.2) is 26.2 Å². The zero-order chi connectivity index (χ0) is 13.1. The lowest BCUT2D eigenvalue weighted by Gasteiger charge is -2.04. The van der Waals surface area contributed by atoms with Crippen molar-refractivity contribution < 1.29 is 13.2 Å². The third kappa shape index (κ3) is 4.56. The number of sulfone groups is 1. The van der Waals surface area contributed by atoms with Crippen LogP contribution in [0.5, 0.6) is 0 Å². The molecule has 0 unspecified atom stereocenters. The minimum atomic E-state index is -2.99. The summed E-state index contributed by atoms with van der Waals surface area (Å²) in [5.41, 5.74) is 7.76. The number of hydrogen-bond donors (Lipinski definition) is 1. The first kappa shape index (κ1) is 13.7. The second-order valence-corrected chi connectivity index (χ2v) is 6.49. The summed E-state index contributed by atoms with van der Waals surface area (Å²) in [7, 11) is -2.99. The second-order valence-electron chi connectivity index (χ2n) is 4.23. The van der Waals surface area contributed by atoms with Crippen molar-refractivity contribution in [3.8, 4) is 0 Å². The summed E-state index contributed by atoms with van der Waals surface area (Å²) in [4.78, 5) is 11.7. The molecule has 0 aromatic heterocycles. The first-order chi connectivity index (χ1) is 7.79. The molecular formula is C12H17NO3S. The van der Waals surface area contributed by atoms with Gasteiger partial charge in [0.1, 0.15) is 9.84 Å². The first-order valence-electron chi connectivity index (χ1n) is 5.36. The Morgan fingerprint density at radius 1 is 1.35 bits per heavy atom. The van der Waals surface area contributed by atoms with E-state index in [0.717, 1.165) is 5.56 Å². The van der Waals surface area contributed by atoms with E-state index in [1.54, 1.807) is 18.2 Å². The SMILES string of the molecule is Cc1ccc(C(=O)CCCS(C)(=O)=O)cc1N. The molecule has 1 rings (SSSR count). The molecule has 0 saturated heterocycles. The molecule has 5 heteroatoms. The molecule has 2 N–H and O–H groups in total. The van der Waals surface area contributed by atoms with Crippen LogP contribution >= 0.6 is 0 Å². The molecule has 17 heavy (non-hydrogen) atoms. The molecule has 0 aliphatic rings. The molecule has 4 nitrogen and oxygen atoms in total. The summed E-state index contributed by atoms with van der Waals surface area (Å²) < 4.78 is 21.8. The zero-order valence-corrected chi connectivity index (χ0v) is 10.9. The molecule has 0 aliphatic heterocycles. The van der Waals surface area contributed by atoms with Gasteiger partial charge in [-0.05, 0) is 25.0 Å². The van der Waals surface area contributed by atoms with Crippen LogP contribution in [0.2, 0.25) is 0 Å². The smallest absolute Gasteiger partial charge is 0.162 e. The molecule has 1 aromatic rings. The Morgan fingerprint density at radius 3 is 2.53 bits per heavy atom. The normalized spacial score (nSPS) is 11.4. The molecular weight excluding hydrogens is 238 g/mol. The minimum absolute atomic E-state index is 0.0417. The van der Waals surface area contributed by atoms with Gasteiger partial charge in [-0.25, -0.2) is 8.42 Å². The predicted octanol–water partition coefficient (Wildman–Crippen LogP) is 1.58. The Balaban J connectivity index is 2.61. The van der Waals surface area contributed by atoms with Crippen molar-refractivity contribution in [3.63, 3.8) is 0 Å². The van der Waals surface area contributed by atoms with E-state index in [-0.39, 0.29) is 18.0 Å². The monoisotopic (exact) mass is 255 g/mol. The molecule has 0 saturated carbocycles.